The van der Waals surface area contributed by atoms with Gasteiger partial charge in [0.05, 0.1) is 12.1 Å². The van der Waals surface area contributed by atoms with E-state index in [2.05, 4.69) is 20.9 Å². The molecule has 80 valence electrons. The Bertz CT molecular complexity index is 418. The highest BCUT2D eigenvalue weighted by molar-refractivity contribution is 9.11. The molecule has 0 atom stereocenters. The van der Waals surface area contributed by atoms with Gasteiger partial charge in [-0.25, -0.2) is 9.37 Å². The fraction of sp³-hybridized carbons (Fsp3) is 0.333. The molecule has 6 heteroatoms. The number of thiazole rings is 1. The van der Waals surface area contributed by atoms with Crippen molar-refractivity contribution in [3.05, 3.63) is 26.9 Å². The van der Waals surface area contributed by atoms with Crippen molar-refractivity contribution in [3.8, 4) is 0 Å². The number of halogens is 2. The molecule has 2 heterocycles. The highest BCUT2D eigenvalue weighted by Gasteiger charge is 2.23. The molecule has 0 aliphatic carbocycles. The second-order valence-electron chi connectivity index (χ2n) is 3.14. The Labute approximate surface area is 98.7 Å². The van der Waals surface area contributed by atoms with Crippen LogP contribution in [0.2, 0.25) is 0 Å². The predicted molar refractivity (Wildman–Crippen MR) is 59.5 cm³/mol. The molecule has 0 unspecified atom stereocenters. The van der Waals surface area contributed by atoms with E-state index in [4.69, 9.17) is 0 Å². The van der Waals surface area contributed by atoms with E-state index >= 15 is 0 Å². The molecule has 0 N–H and O–H groups in total. The van der Waals surface area contributed by atoms with Gasteiger partial charge in [-0.3, -0.25) is 4.79 Å². The van der Waals surface area contributed by atoms with E-state index < -0.39 is 0 Å². The number of rotatable bonds is 1. The lowest BCUT2D eigenvalue weighted by atomic mass is 10.2. The van der Waals surface area contributed by atoms with Crippen LogP contribution in [0.4, 0.5) is 4.39 Å². The maximum absolute atomic E-state index is 13.0. The van der Waals surface area contributed by atoms with Crippen LogP contribution in [-0.2, 0) is 0 Å². The molecule has 15 heavy (non-hydrogen) atoms. The quantitative estimate of drug-likeness (QED) is 0.797. The second-order valence-corrected chi connectivity index (χ2v) is 5.31. The summed E-state index contributed by atoms with van der Waals surface area (Å²) >= 11 is 4.60. The molecule has 0 aromatic carbocycles. The van der Waals surface area contributed by atoms with E-state index in [1.807, 2.05) is 0 Å². The molecule has 0 bridgehead atoms. The first-order valence-electron chi connectivity index (χ1n) is 4.41. The summed E-state index contributed by atoms with van der Waals surface area (Å²) < 4.78 is 13.7. The van der Waals surface area contributed by atoms with Crippen molar-refractivity contribution < 1.29 is 9.18 Å². The molecule has 0 saturated heterocycles. The van der Waals surface area contributed by atoms with Crippen molar-refractivity contribution >= 4 is 33.2 Å². The van der Waals surface area contributed by atoms with Crippen molar-refractivity contribution in [2.75, 3.05) is 13.1 Å². The molecule has 3 nitrogen and oxygen atoms in total. The van der Waals surface area contributed by atoms with Gasteiger partial charge < -0.3 is 4.90 Å². The first-order valence-corrected chi connectivity index (χ1v) is 6.08. The van der Waals surface area contributed by atoms with Gasteiger partial charge in [0, 0.05) is 6.54 Å². The van der Waals surface area contributed by atoms with E-state index in [9.17, 15) is 9.18 Å². The van der Waals surface area contributed by atoms with Crippen LogP contribution in [0.25, 0.3) is 0 Å². The van der Waals surface area contributed by atoms with Crippen LogP contribution in [0.1, 0.15) is 16.9 Å². The lowest BCUT2D eigenvalue weighted by molar-refractivity contribution is 0.0749. The Morgan fingerprint density at radius 1 is 1.67 bits per heavy atom. The van der Waals surface area contributed by atoms with Crippen LogP contribution in [0, 0.1) is 0 Å². The highest BCUT2D eigenvalue weighted by atomic mass is 79.9. The van der Waals surface area contributed by atoms with Gasteiger partial charge in [-0.05, 0) is 28.4 Å². The fourth-order valence-electron chi connectivity index (χ4n) is 1.40. The molecule has 1 amide bonds. The van der Waals surface area contributed by atoms with E-state index in [1.54, 1.807) is 5.51 Å². The zero-order valence-corrected chi connectivity index (χ0v) is 10.1. The van der Waals surface area contributed by atoms with Gasteiger partial charge in [0.1, 0.15) is 9.61 Å². The molecular formula is C9H8BrFN2OS. The largest absolute Gasteiger partial charge is 0.330 e. The first kappa shape index (κ1) is 10.8. The summed E-state index contributed by atoms with van der Waals surface area (Å²) in [6, 6.07) is 0. The van der Waals surface area contributed by atoms with E-state index in [0.717, 1.165) is 0 Å². The number of nitrogens with zero attached hydrogens (tertiary/aromatic N) is 2. The lowest BCUT2D eigenvalue weighted by Gasteiger charge is -2.23. The predicted octanol–water partition coefficient (Wildman–Crippen LogP) is 2.60. The van der Waals surface area contributed by atoms with Crippen LogP contribution < -0.4 is 0 Å². The molecule has 0 radical (unpaired) electrons. The summed E-state index contributed by atoms with van der Waals surface area (Å²) in [5, 5.41) is 0. The van der Waals surface area contributed by atoms with Crippen molar-refractivity contribution in [1.29, 1.82) is 0 Å². The van der Waals surface area contributed by atoms with E-state index in [1.165, 1.54) is 22.3 Å². The standard InChI is InChI=1S/C9H8BrFN2OS/c10-8-7(12-5-15-8)9(14)13-3-1-2-6(11)4-13/h2,5H,1,3-4H2. The van der Waals surface area contributed by atoms with Gasteiger partial charge in [-0.15, -0.1) is 11.3 Å². The normalized spacial score (nSPS) is 16.4. The lowest BCUT2D eigenvalue weighted by Crippen LogP contribution is -2.35. The molecule has 0 fully saturated rings. The number of amides is 1. The van der Waals surface area contributed by atoms with Crippen molar-refractivity contribution in [2.24, 2.45) is 0 Å². The minimum Gasteiger partial charge on any atom is -0.330 e. The summed E-state index contributed by atoms with van der Waals surface area (Å²) in [4.78, 5) is 17.3. The van der Waals surface area contributed by atoms with Crippen molar-refractivity contribution in [2.45, 2.75) is 6.42 Å². The van der Waals surface area contributed by atoms with Crippen LogP contribution in [0.15, 0.2) is 21.2 Å². The van der Waals surface area contributed by atoms with Crippen LogP contribution in [0.3, 0.4) is 0 Å². The maximum atomic E-state index is 13.0. The number of carbonyl (C=O) groups excluding carboxylic acids is 1. The molecule has 2 rings (SSSR count). The minimum atomic E-state index is -0.249. The van der Waals surface area contributed by atoms with E-state index in [0.29, 0.717) is 22.4 Å². The Morgan fingerprint density at radius 2 is 2.47 bits per heavy atom. The van der Waals surface area contributed by atoms with Gasteiger partial charge in [-0.2, -0.15) is 0 Å². The SMILES string of the molecule is O=C(c1ncsc1Br)N1CCC=C(F)C1. The zero-order chi connectivity index (χ0) is 10.8. The third-order valence-electron chi connectivity index (χ3n) is 2.12. The second kappa shape index (κ2) is 4.40. The zero-order valence-electron chi connectivity index (χ0n) is 7.74. The van der Waals surface area contributed by atoms with Gasteiger partial charge in [0.2, 0.25) is 0 Å². The monoisotopic (exact) mass is 290 g/mol. The van der Waals surface area contributed by atoms with Crippen molar-refractivity contribution in [3.63, 3.8) is 0 Å². The van der Waals surface area contributed by atoms with Crippen LogP contribution in [-0.4, -0.2) is 28.9 Å². The van der Waals surface area contributed by atoms with Crippen molar-refractivity contribution in [1.82, 2.24) is 9.88 Å². The third kappa shape index (κ3) is 2.26. The fourth-order valence-corrected chi connectivity index (χ4v) is 2.42. The number of hydrogen-bond donors (Lipinski definition) is 0. The molecule has 1 aliphatic rings. The third-order valence-corrected chi connectivity index (χ3v) is 3.67. The average molecular weight is 291 g/mol. The van der Waals surface area contributed by atoms with Gasteiger partial charge in [0.15, 0.2) is 5.69 Å². The number of aromatic nitrogens is 1. The molecule has 0 saturated carbocycles. The molecule has 0 spiro atoms. The summed E-state index contributed by atoms with van der Waals surface area (Å²) in [6.07, 6.45) is 2.08. The summed E-state index contributed by atoms with van der Waals surface area (Å²) in [5.74, 6) is -0.465. The molecule has 1 aromatic heterocycles. The summed E-state index contributed by atoms with van der Waals surface area (Å²) in [6.45, 7) is 0.610. The Hall–Kier alpha value is -0.750. The Kier molecular flexibility index (Phi) is 3.16. The molecular weight excluding hydrogens is 283 g/mol. The summed E-state index contributed by atoms with van der Waals surface area (Å²) in [5.41, 5.74) is 1.96. The topological polar surface area (TPSA) is 33.2 Å². The van der Waals surface area contributed by atoms with Crippen LogP contribution >= 0.6 is 27.3 Å². The maximum Gasteiger partial charge on any atom is 0.274 e. The Morgan fingerprint density at radius 3 is 3.07 bits per heavy atom. The van der Waals surface area contributed by atoms with Gasteiger partial charge >= 0.3 is 0 Å². The molecule has 1 aliphatic heterocycles. The summed E-state index contributed by atoms with van der Waals surface area (Å²) in [7, 11) is 0. The highest BCUT2D eigenvalue weighted by Crippen LogP contribution is 2.23. The van der Waals surface area contributed by atoms with Crippen LogP contribution in [0.5, 0.6) is 0 Å². The smallest absolute Gasteiger partial charge is 0.274 e. The Balaban J connectivity index is 2.16. The minimum absolute atomic E-state index is 0.0583. The number of hydrogen-bond acceptors (Lipinski definition) is 3. The average Bonchev–Trinajstić information content (AvgIpc) is 2.63. The first-order chi connectivity index (χ1) is 7.18. The van der Waals surface area contributed by atoms with Gasteiger partial charge in [0.25, 0.3) is 5.91 Å². The van der Waals surface area contributed by atoms with Gasteiger partial charge in [-0.1, -0.05) is 0 Å². The van der Waals surface area contributed by atoms with E-state index in [-0.39, 0.29) is 18.3 Å². The number of carbonyl (C=O) groups is 1. The molecule has 1 aromatic rings.